The predicted molar refractivity (Wildman–Crippen MR) is 94.9 cm³/mol. The van der Waals surface area contributed by atoms with Gasteiger partial charge in [0.1, 0.15) is 12.6 Å². The third kappa shape index (κ3) is 4.95. The van der Waals surface area contributed by atoms with Crippen molar-refractivity contribution in [2.45, 2.75) is 51.9 Å². The van der Waals surface area contributed by atoms with Gasteiger partial charge in [0.25, 0.3) is 0 Å². The van der Waals surface area contributed by atoms with Crippen molar-refractivity contribution in [3.05, 3.63) is 35.9 Å². The largest absolute Gasteiger partial charge is 0.445 e. The van der Waals surface area contributed by atoms with Crippen LogP contribution in [0.3, 0.4) is 0 Å². The average molecular weight is 348 g/mol. The number of carbonyl (C=O) groups excluding carboxylic acids is 2. The van der Waals surface area contributed by atoms with Gasteiger partial charge in [0, 0.05) is 19.6 Å². The maximum absolute atomic E-state index is 12.8. The number of aliphatic hydroxyl groups is 1. The fourth-order valence-electron chi connectivity index (χ4n) is 3.04. The molecule has 2 atom stereocenters. The summed E-state index contributed by atoms with van der Waals surface area (Å²) < 4.78 is 5.34. The third-order valence-corrected chi connectivity index (χ3v) is 4.53. The number of carbonyl (C=O) groups is 2. The molecule has 2 amide bonds. The van der Waals surface area contributed by atoms with Crippen molar-refractivity contribution in [1.82, 2.24) is 9.80 Å². The Balaban J connectivity index is 2.00. The Bertz CT molecular complexity index is 564. The molecule has 138 valence electrons. The fourth-order valence-corrected chi connectivity index (χ4v) is 3.04. The first-order chi connectivity index (χ1) is 12.1. The Morgan fingerprint density at radius 3 is 2.64 bits per heavy atom. The molecule has 0 aromatic heterocycles. The van der Waals surface area contributed by atoms with Crippen LogP contribution in [0.1, 0.15) is 38.7 Å². The van der Waals surface area contributed by atoms with Gasteiger partial charge in [0.15, 0.2) is 0 Å². The molecular formula is C19H28N2O4. The van der Waals surface area contributed by atoms with E-state index in [0.717, 1.165) is 18.4 Å². The Hall–Kier alpha value is -2.08. The summed E-state index contributed by atoms with van der Waals surface area (Å²) in [7, 11) is 0. The highest BCUT2D eigenvalue weighted by molar-refractivity contribution is 5.87. The number of hydrogen-bond acceptors (Lipinski definition) is 4. The summed E-state index contributed by atoms with van der Waals surface area (Å²) in [6, 6.07) is 8.55. The molecule has 1 fully saturated rings. The fraction of sp³-hybridized carbons (Fsp3) is 0.579. The van der Waals surface area contributed by atoms with Gasteiger partial charge in [-0.3, -0.25) is 9.69 Å². The zero-order valence-corrected chi connectivity index (χ0v) is 15.1. The van der Waals surface area contributed by atoms with Crippen LogP contribution in [-0.2, 0) is 16.1 Å². The topological polar surface area (TPSA) is 70.1 Å². The summed E-state index contributed by atoms with van der Waals surface area (Å²) in [6.07, 6.45) is 0.890. The van der Waals surface area contributed by atoms with Gasteiger partial charge in [-0.05, 0) is 25.3 Å². The smallest absolute Gasteiger partial charge is 0.410 e. The van der Waals surface area contributed by atoms with E-state index in [1.54, 1.807) is 4.90 Å². The van der Waals surface area contributed by atoms with Gasteiger partial charge in [-0.1, -0.05) is 43.7 Å². The molecule has 6 nitrogen and oxygen atoms in total. The molecule has 25 heavy (non-hydrogen) atoms. The van der Waals surface area contributed by atoms with Gasteiger partial charge < -0.3 is 14.7 Å². The summed E-state index contributed by atoms with van der Waals surface area (Å²) in [4.78, 5) is 28.3. The molecule has 6 heteroatoms. The zero-order valence-electron chi connectivity index (χ0n) is 15.1. The van der Waals surface area contributed by atoms with Crippen molar-refractivity contribution in [2.75, 3.05) is 19.6 Å². The minimum atomic E-state index is -0.847. The van der Waals surface area contributed by atoms with E-state index in [1.165, 1.54) is 4.90 Å². The molecule has 1 aromatic rings. The number of rotatable bonds is 7. The second-order valence-corrected chi connectivity index (χ2v) is 6.31. The first kappa shape index (κ1) is 19.2. The van der Waals surface area contributed by atoms with Crippen molar-refractivity contribution in [2.24, 2.45) is 0 Å². The maximum atomic E-state index is 12.8. The number of ether oxygens (including phenoxy) is 1. The van der Waals surface area contributed by atoms with E-state index in [9.17, 15) is 14.7 Å². The molecule has 1 N–H and O–H groups in total. The molecule has 1 aliphatic heterocycles. The zero-order chi connectivity index (χ0) is 18.2. The van der Waals surface area contributed by atoms with Crippen molar-refractivity contribution >= 4 is 12.0 Å². The van der Waals surface area contributed by atoms with Crippen molar-refractivity contribution < 1.29 is 19.4 Å². The Morgan fingerprint density at radius 2 is 2.00 bits per heavy atom. The SMILES string of the molecule is CCCCN(CC)C(=O)[C@@H]1C(O)CCN1C(=O)OCc1ccccc1. The van der Waals surface area contributed by atoms with Gasteiger partial charge in [0.2, 0.25) is 5.91 Å². The van der Waals surface area contributed by atoms with Gasteiger partial charge in [-0.25, -0.2) is 4.79 Å². The second kappa shape index (κ2) is 9.42. The van der Waals surface area contributed by atoms with E-state index in [1.807, 2.05) is 37.3 Å². The molecule has 2 rings (SSSR count). The molecule has 1 aromatic carbocycles. The molecule has 0 radical (unpaired) electrons. The Morgan fingerprint density at radius 1 is 1.28 bits per heavy atom. The van der Waals surface area contributed by atoms with Crippen LogP contribution < -0.4 is 0 Å². The normalized spacial score (nSPS) is 19.7. The Labute approximate surface area is 149 Å². The first-order valence-corrected chi connectivity index (χ1v) is 9.02. The molecule has 0 saturated carbocycles. The van der Waals surface area contributed by atoms with Crippen molar-refractivity contribution in [1.29, 1.82) is 0 Å². The minimum absolute atomic E-state index is 0.153. The van der Waals surface area contributed by atoms with Gasteiger partial charge in [-0.15, -0.1) is 0 Å². The molecular weight excluding hydrogens is 320 g/mol. The van der Waals surface area contributed by atoms with Gasteiger partial charge in [-0.2, -0.15) is 0 Å². The summed E-state index contributed by atoms with van der Waals surface area (Å²) in [5, 5.41) is 10.2. The van der Waals surface area contributed by atoms with Crippen LogP contribution in [0.2, 0.25) is 0 Å². The second-order valence-electron chi connectivity index (χ2n) is 6.31. The average Bonchev–Trinajstić information content (AvgIpc) is 3.02. The molecule has 0 bridgehead atoms. The third-order valence-electron chi connectivity index (χ3n) is 4.53. The quantitative estimate of drug-likeness (QED) is 0.821. The van der Waals surface area contributed by atoms with E-state index in [-0.39, 0.29) is 12.5 Å². The highest BCUT2D eigenvalue weighted by atomic mass is 16.6. The lowest BCUT2D eigenvalue weighted by Gasteiger charge is -2.30. The van der Waals surface area contributed by atoms with Crippen LogP contribution >= 0.6 is 0 Å². The lowest BCUT2D eigenvalue weighted by Crippen LogP contribution is -2.51. The number of aliphatic hydroxyl groups excluding tert-OH is 1. The number of nitrogens with zero attached hydrogens (tertiary/aromatic N) is 2. The number of amides is 2. The molecule has 0 aliphatic carbocycles. The number of benzene rings is 1. The molecule has 1 saturated heterocycles. The first-order valence-electron chi connectivity index (χ1n) is 9.02. The molecule has 0 spiro atoms. The Kier molecular flexibility index (Phi) is 7.25. The molecule has 1 heterocycles. The van der Waals surface area contributed by atoms with E-state index >= 15 is 0 Å². The molecule has 1 unspecified atom stereocenters. The van der Waals surface area contributed by atoms with Crippen LogP contribution in [0, 0.1) is 0 Å². The van der Waals surface area contributed by atoms with Gasteiger partial charge in [0.05, 0.1) is 6.10 Å². The van der Waals surface area contributed by atoms with E-state index in [0.29, 0.717) is 26.1 Å². The summed E-state index contributed by atoms with van der Waals surface area (Å²) in [6.45, 7) is 5.66. The number of likely N-dealkylation sites (tertiary alicyclic amines) is 1. The summed E-state index contributed by atoms with van der Waals surface area (Å²) in [5.41, 5.74) is 0.886. The van der Waals surface area contributed by atoms with Crippen LogP contribution in [0.5, 0.6) is 0 Å². The highest BCUT2D eigenvalue weighted by Crippen LogP contribution is 2.22. The number of unbranched alkanes of at least 4 members (excludes halogenated alkanes) is 1. The van der Waals surface area contributed by atoms with Crippen LogP contribution in [0.4, 0.5) is 4.79 Å². The predicted octanol–water partition coefficient (Wildman–Crippen LogP) is 2.41. The lowest BCUT2D eigenvalue weighted by atomic mass is 10.1. The van der Waals surface area contributed by atoms with Crippen LogP contribution in [0.25, 0.3) is 0 Å². The monoisotopic (exact) mass is 348 g/mol. The summed E-state index contributed by atoms with van der Waals surface area (Å²) in [5.74, 6) is -0.197. The van der Waals surface area contributed by atoms with E-state index in [2.05, 4.69) is 6.92 Å². The molecule has 1 aliphatic rings. The van der Waals surface area contributed by atoms with Crippen LogP contribution in [-0.4, -0.2) is 58.7 Å². The highest BCUT2D eigenvalue weighted by Gasteiger charge is 2.43. The van der Waals surface area contributed by atoms with E-state index < -0.39 is 18.2 Å². The standard InChI is InChI=1S/C19H28N2O4/c1-3-5-12-20(4-2)18(23)17-16(22)11-13-21(17)19(24)25-14-15-9-7-6-8-10-15/h6-10,16-17,22H,3-5,11-14H2,1-2H3/t16?,17-/m0/s1. The van der Waals surface area contributed by atoms with Crippen LogP contribution in [0.15, 0.2) is 30.3 Å². The van der Waals surface area contributed by atoms with E-state index in [4.69, 9.17) is 4.74 Å². The summed E-state index contributed by atoms with van der Waals surface area (Å²) >= 11 is 0. The minimum Gasteiger partial charge on any atom is -0.445 e. The lowest BCUT2D eigenvalue weighted by molar-refractivity contribution is -0.138. The number of hydrogen-bond donors (Lipinski definition) is 1. The maximum Gasteiger partial charge on any atom is 0.410 e. The van der Waals surface area contributed by atoms with Crippen molar-refractivity contribution in [3.63, 3.8) is 0 Å². The number of likely N-dealkylation sites (N-methyl/N-ethyl adjacent to an activating group) is 1. The van der Waals surface area contributed by atoms with Gasteiger partial charge >= 0.3 is 6.09 Å². The van der Waals surface area contributed by atoms with Crippen molar-refractivity contribution in [3.8, 4) is 0 Å².